The highest BCUT2D eigenvalue weighted by Crippen LogP contribution is 2.35. The summed E-state index contributed by atoms with van der Waals surface area (Å²) in [5, 5.41) is 3.01. The first-order valence-corrected chi connectivity index (χ1v) is 9.56. The first-order chi connectivity index (χ1) is 12.3. The standard InChI is InChI=1S/C18H25NO6S/c1-5-23-17(21)13-11(4)14(18(22)25-9-10(2)3)26-16(13)19-15(20)12-7-6-8-24-12/h10,12H,5-9H2,1-4H3,(H,19,20). The summed E-state index contributed by atoms with van der Waals surface area (Å²) in [4.78, 5) is 37.3. The molecule has 144 valence electrons. The fourth-order valence-electron chi connectivity index (χ4n) is 2.53. The van der Waals surface area contributed by atoms with E-state index in [1.165, 1.54) is 0 Å². The molecule has 1 amide bonds. The maximum Gasteiger partial charge on any atom is 0.348 e. The van der Waals surface area contributed by atoms with Crippen molar-refractivity contribution in [2.45, 2.75) is 46.6 Å². The molecule has 1 atom stereocenters. The van der Waals surface area contributed by atoms with E-state index in [0.29, 0.717) is 18.6 Å². The molecule has 1 unspecified atom stereocenters. The summed E-state index contributed by atoms with van der Waals surface area (Å²) in [7, 11) is 0. The Bertz CT molecular complexity index is 675. The zero-order valence-electron chi connectivity index (χ0n) is 15.5. The molecular formula is C18H25NO6S. The van der Waals surface area contributed by atoms with E-state index >= 15 is 0 Å². The second kappa shape index (κ2) is 9.14. The van der Waals surface area contributed by atoms with Crippen LogP contribution in [0.4, 0.5) is 5.00 Å². The van der Waals surface area contributed by atoms with Crippen LogP contribution in [0.25, 0.3) is 0 Å². The van der Waals surface area contributed by atoms with Crippen LogP contribution in [-0.2, 0) is 19.0 Å². The van der Waals surface area contributed by atoms with Gasteiger partial charge in [0.1, 0.15) is 16.0 Å². The van der Waals surface area contributed by atoms with Crippen molar-refractivity contribution in [3.63, 3.8) is 0 Å². The van der Waals surface area contributed by atoms with Crippen LogP contribution in [-0.4, -0.2) is 43.8 Å². The Morgan fingerprint density at radius 1 is 1.27 bits per heavy atom. The number of thiophene rings is 1. The summed E-state index contributed by atoms with van der Waals surface area (Å²) in [6.45, 7) is 8.23. The largest absolute Gasteiger partial charge is 0.462 e. The van der Waals surface area contributed by atoms with E-state index in [4.69, 9.17) is 14.2 Å². The smallest absolute Gasteiger partial charge is 0.348 e. The van der Waals surface area contributed by atoms with E-state index in [0.717, 1.165) is 17.8 Å². The fraction of sp³-hybridized carbons (Fsp3) is 0.611. The third-order valence-electron chi connectivity index (χ3n) is 3.82. The number of amides is 1. The molecule has 0 spiro atoms. The summed E-state index contributed by atoms with van der Waals surface area (Å²) >= 11 is 1.02. The normalized spacial score (nSPS) is 16.6. The number of carbonyl (C=O) groups is 3. The molecule has 1 fully saturated rings. The first-order valence-electron chi connectivity index (χ1n) is 8.75. The number of anilines is 1. The quantitative estimate of drug-likeness (QED) is 0.727. The van der Waals surface area contributed by atoms with Crippen LogP contribution in [0.2, 0.25) is 0 Å². The topological polar surface area (TPSA) is 90.9 Å². The maximum absolute atomic E-state index is 12.4. The third-order valence-corrected chi connectivity index (χ3v) is 5.01. The molecule has 8 heteroatoms. The van der Waals surface area contributed by atoms with Gasteiger partial charge in [-0.05, 0) is 38.2 Å². The summed E-state index contributed by atoms with van der Waals surface area (Å²) < 4.78 is 15.7. The van der Waals surface area contributed by atoms with Crippen LogP contribution in [0, 0.1) is 12.8 Å². The molecule has 0 aromatic carbocycles. The van der Waals surface area contributed by atoms with Gasteiger partial charge in [-0.15, -0.1) is 11.3 Å². The Hall–Kier alpha value is -1.93. The van der Waals surface area contributed by atoms with Crippen molar-refractivity contribution in [2.75, 3.05) is 25.1 Å². The molecule has 1 aromatic heterocycles. The highest BCUT2D eigenvalue weighted by Gasteiger charge is 2.30. The van der Waals surface area contributed by atoms with Gasteiger partial charge in [-0.25, -0.2) is 9.59 Å². The predicted molar refractivity (Wildman–Crippen MR) is 97.7 cm³/mol. The Balaban J connectivity index is 2.28. The molecule has 1 aliphatic rings. The van der Waals surface area contributed by atoms with E-state index < -0.39 is 18.0 Å². The highest BCUT2D eigenvalue weighted by molar-refractivity contribution is 7.18. The van der Waals surface area contributed by atoms with Crippen molar-refractivity contribution in [3.8, 4) is 0 Å². The fourth-order valence-corrected chi connectivity index (χ4v) is 3.62. The molecular weight excluding hydrogens is 358 g/mol. The van der Waals surface area contributed by atoms with Gasteiger partial charge in [-0.2, -0.15) is 0 Å². The van der Waals surface area contributed by atoms with Crippen LogP contribution in [0.5, 0.6) is 0 Å². The van der Waals surface area contributed by atoms with Crippen molar-refractivity contribution < 1.29 is 28.6 Å². The average molecular weight is 383 g/mol. The van der Waals surface area contributed by atoms with E-state index in [1.807, 2.05) is 13.8 Å². The van der Waals surface area contributed by atoms with Gasteiger partial charge in [-0.1, -0.05) is 13.8 Å². The highest BCUT2D eigenvalue weighted by atomic mass is 32.1. The van der Waals surface area contributed by atoms with E-state index in [9.17, 15) is 14.4 Å². The van der Waals surface area contributed by atoms with Crippen molar-refractivity contribution >= 4 is 34.2 Å². The van der Waals surface area contributed by atoms with Gasteiger partial charge in [0.2, 0.25) is 0 Å². The van der Waals surface area contributed by atoms with Crippen LogP contribution < -0.4 is 5.32 Å². The average Bonchev–Trinajstić information content (AvgIpc) is 3.21. The van der Waals surface area contributed by atoms with Crippen molar-refractivity contribution in [2.24, 2.45) is 5.92 Å². The lowest BCUT2D eigenvalue weighted by Gasteiger charge is -2.10. The van der Waals surface area contributed by atoms with Gasteiger partial charge >= 0.3 is 11.9 Å². The Morgan fingerprint density at radius 3 is 2.58 bits per heavy atom. The van der Waals surface area contributed by atoms with Gasteiger partial charge in [0.25, 0.3) is 5.91 Å². The molecule has 2 rings (SSSR count). The SMILES string of the molecule is CCOC(=O)c1c(NC(=O)C2CCCO2)sc(C(=O)OCC(C)C)c1C. The third kappa shape index (κ3) is 4.82. The number of esters is 2. The zero-order chi connectivity index (χ0) is 19.3. The molecule has 1 aromatic rings. The van der Waals surface area contributed by atoms with Gasteiger partial charge in [-0.3, -0.25) is 4.79 Å². The number of ether oxygens (including phenoxy) is 3. The Morgan fingerprint density at radius 2 is 2.00 bits per heavy atom. The van der Waals surface area contributed by atoms with E-state index in [-0.39, 0.29) is 40.5 Å². The minimum absolute atomic E-state index is 0.194. The second-order valence-electron chi connectivity index (χ2n) is 6.46. The number of carbonyl (C=O) groups excluding carboxylic acids is 3. The lowest BCUT2D eigenvalue weighted by molar-refractivity contribution is -0.124. The van der Waals surface area contributed by atoms with Crippen LogP contribution in [0.1, 0.15) is 59.2 Å². The zero-order valence-corrected chi connectivity index (χ0v) is 16.4. The molecule has 0 saturated carbocycles. The predicted octanol–water partition coefficient (Wildman–Crippen LogP) is 3.16. The van der Waals surface area contributed by atoms with Gasteiger partial charge in [0.05, 0.1) is 18.8 Å². The molecule has 26 heavy (non-hydrogen) atoms. The molecule has 0 aliphatic carbocycles. The molecule has 1 N–H and O–H groups in total. The maximum atomic E-state index is 12.4. The molecule has 2 heterocycles. The number of rotatable bonds is 7. The number of hydrogen-bond donors (Lipinski definition) is 1. The summed E-state index contributed by atoms with van der Waals surface area (Å²) in [6, 6.07) is 0. The van der Waals surface area contributed by atoms with E-state index in [2.05, 4.69) is 5.32 Å². The molecule has 0 bridgehead atoms. The van der Waals surface area contributed by atoms with Crippen molar-refractivity contribution in [3.05, 3.63) is 16.0 Å². The minimum Gasteiger partial charge on any atom is -0.462 e. The molecule has 7 nitrogen and oxygen atoms in total. The van der Waals surface area contributed by atoms with Crippen LogP contribution >= 0.6 is 11.3 Å². The van der Waals surface area contributed by atoms with Gasteiger partial charge in [0.15, 0.2) is 0 Å². The van der Waals surface area contributed by atoms with Gasteiger partial charge in [0, 0.05) is 6.61 Å². The lowest BCUT2D eigenvalue weighted by Crippen LogP contribution is -2.27. The lowest BCUT2D eigenvalue weighted by atomic mass is 10.1. The Kier molecular flexibility index (Phi) is 7.16. The Labute approximate surface area is 157 Å². The summed E-state index contributed by atoms with van der Waals surface area (Å²) in [6.07, 6.45) is 0.914. The number of nitrogens with one attached hydrogen (secondary N) is 1. The van der Waals surface area contributed by atoms with E-state index in [1.54, 1.807) is 13.8 Å². The van der Waals surface area contributed by atoms with Crippen molar-refractivity contribution in [1.82, 2.24) is 0 Å². The number of hydrogen-bond acceptors (Lipinski definition) is 7. The van der Waals surface area contributed by atoms with Crippen LogP contribution in [0.3, 0.4) is 0 Å². The molecule has 1 saturated heterocycles. The molecule has 1 aliphatic heterocycles. The summed E-state index contributed by atoms with van der Waals surface area (Å²) in [5.41, 5.74) is 0.643. The minimum atomic E-state index is -0.577. The van der Waals surface area contributed by atoms with Gasteiger partial charge < -0.3 is 19.5 Å². The molecule has 0 radical (unpaired) electrons. The van der Waals surface area contributed by atoms with Crippen molar-refractivity contribution in [1.29, 1.82) is 0 Å². The monoisotopic (exact) mass is 383 g/mol. The second-order valence-corrected chi connectivity index (χ2v) is 7.48. The van der Waals surface area contributed by atoms with Crippen LogP contribution in [0.15, 0.2) is 0 Å². The summed E-state index contributed by atoms with van der Waals surface area (Å²) in [5.74, 6) is -1.21. The first kappa shape index (κ1) is 20.4.